The molecule has 0 spiro atoms. The first-order valence-corrected chi connectivity index (χ1v) is 8.98. The predicted molar refractivity (Wildman–Crippen MR) is 101 cm³/mol. The molecule has 0 heterocycles. The topological polar surface area (TPSA) is 64.2 Å². The van der Waals surface area contributed by atoms with E-state index >= 15 is 0 Å². The Morgan fingerprint density at radius 1 is 1.07 bits per heavy atom. The molecule has 0 aliphatic carbocycles. The molecule has 2 N–H and O–H groups in total. The van der Waals surface area contributed by atoms with Gasteiger partial charge in [0.25, 0.3) is 0 Å². The maximum Gasteiger partial charge on any atom is 0.417 e. The predicted octanol–water partition coefficient (Wildman–Crippen LogP) is 5.22. The van der Waals surface area contributed by atoms with Crippen LogP contribution in [0.4, 0.5) is 17.6 Å². The van der Waals surface area contributed by atoms with Gasteiger partial charge in [-0.3, -0.25) is 0 Å². The zero-order valence-corrected chi connectivity index (χ0v) is 16.7. The van der Waals surface area contributed by atoms with E-state index in [1.54, 1.807) is 19.9 Å². The molecule has 0 aliphatic heterocycles. The smallest absolute Gasteiger partial charge is 0.417 e. The second-order valence-corrected chi connectivity index (χ2v) is 8.16. The van der Waals surface area contributed by atoms with Crippen LogP contribution in [0.5, 0.6) is 5.75 Å². The van der Waals surface area contributed by atoms with E-state index in [1.807, 2.05) is 6.07 Å². The Balaban J connectivity index is 2.55. The summed E-state index contributed by atoms with van der Waals surface area (Å²) in [5.74, 6) is -1.06. The number of phenols is 1. The number of aliphatic hydroxyl groups is 1. The van der Waals surface area contributed by atoms with Crippen molar-refractivity contribution in [3.63, 3.8) is 0 Å². The van der Waals surface area contributed by atoms with Crippen LogP contribution in [0.1, 0.15) is 48.1 Å². The van der Waals surface area contributed by atoms with Crippen molar-refractivity contribution in [2.75, 3.05) is 0 Å². The molecule has 0 bridgehead atoms. The number of nitriles is 1. The summed E-state index contributed by atoms with van der Waals surface area (Å²) in [7, 11) is 0. The normalized spacial score (nSPS) is 14.3. The summed E-state index contributed by atoms with van der Waals surface area (Å²) < 4.78 is 55.6. The molecule has 0 fully saturated rings. The van der Waals surface area contributed by atoms with Crippen molar-refractivity contribution in [1.82, 2.24) is 0 Å². The van der Waals surface area contributed by atoms with Crippen molar-refractivity contribution < 1.29 is 27.8 Å². The fourth-order valence-corrected chi connectivity index (χ4v) is 3.81. The van der Waals surface area contributed by atoms with Crippen molar-refractivity contribution >= 4 is 0 Å². The van der Waals surface area contributed by atoms with Crippen LogP contribution in [0.25, 0.3) is 0 Å². The van der Waals surface area contributed by atoms with Gasteiger partial charge < -0.3 is 10.2 Å². The average Bonchev–Trinajstić information content (AvgIpc) is 2.55. The van der Waals surface area contributed by atoms with Crippen LogP contribution in [0, 0.1) is 31.0 Å². The number of alkyl halides is 3. The van der Waals surface area contributed by atoms with Gasteiger partial charge >= 0.3 is 6.18 Å². The molecular weight excluding hydrogens is 386 g/mol. The largest absolute Gasteiger partial charge is 0.508 e. The number of aryl methyl sites for hydroxylation is 2. The van der Waals surface area contributed by atoms with Gasteiger partial charge in [-0.05, 0) is 55.0 Å². The van der Waals surface area contributed by atoms with E-state index in [4.69, 9.17) is 0 Å². The molecule has 156 valence electrons. The minimum atomic E-state index is -5.02. The third kappa shape index (κ3) is 4.70. The molecule has 1 atom stereocenters. The molecule has 2 aromatic carbocycles. The number of phenolic OH excluding ortho intramolecular Hbond substituents is 1. The number of benzene rings is 2. The Hall–Kier alpha value is -2.59. The van der Waals surface area contributed by atoms with E-state index in [0.717, 1.165) is 18.2 Å². The number of hydrogen-bond donors (Lipinski definition) is 2. The first-order valence-electron chi connectivity index (χ1n) is 8.98. The monoisotopic (exact) mass is 409 g/mol. The average molecular weight is 409 g/mol. The van der Waals surface area contributed by atoms with Gasteiger partial charge in [0.05, 0.1) is 11.6 Å². The van der Waals surface area contributed by atoms with Gasteiger partial charge in [0.2, 0.25) is 0 Å². The molecule has 2 rings (SSSR count). The summed E-state index contributed by atoms with van der Waals surface area (Å²) >= 11 is 0. The number of hydrogen-bond acceptors (Lipinski definition) is 3. The molecule has 0 aromatic heterocycles. The highest BCUT2D eigenvalue weighted by atomic mass is 19.4. The summed E-state index contributed by atoms with van der Waals surface area (Å²) in [6.45, 7) is 6.10. The minimum absolute atomic E-state index is 0.0406. The maximum absolute atomic E-state index is 14.0. The van der Waals surface area contributed by atoms with E-state index < -0.39 is 35.9 Å². The summed E-state index contributed by atoms with van der Waals surface area (Å²) in [5.41, 5.74) is -3.28. The zero-order valence-electron chi connectivity index (χ0n) is 16.7. The van der Waals surface area contributed by atoms with Crippen LogP contribution in [-0.2, 0) is 11.8 Å². The van der Waals surface area contributed by atoms with Crippen LogP contribution >= 0.6 is 0 Å². The summed E-state index contributed by atoms with van der Waals surface area (Å²) in [6, 6.07) is 8.07. The van der Waals surface area contributed by atoms with Gasteiger partial charge in [-0.2, -0.15) is 18.4 Å². The van der Waals surface area contributed by atoms with E-state index in [9.17, 15) is 33.0 Å². The van der Waals surface area contributed by atoms with E-state index in [-0.39, 0.29) is 22.4 Å². The Morgan fingerprint density at radius 3 is 2.24 bits per heavy atom. The second kappa shape index (κ2) is 7.68. The molecule has 7 heteroatoms. The molecule has 0 radical (unpaired) electrons. The highest BCUT2D eigenvalue weighted by Gasteiger charge is 2.56. The molecule has 0 aliphatic rings. The molecule has 0 saturated carbocycles. The third-order valence-corrected chi connectivity index (χ3v) is 5.11. The summed E-state index contributed by atoms with van der Waals surface area (Å²) in [5, 5.41) is 30.2. The van der Waals surface area contributed by atoms with E-state index in [2.05, 4.69) is 0 Å². The first kappa shape index (κ1) is 22.7. The van der Waals surface area contributed by atoms with Crippen molar-refractivity contribution in [2.45, 2.75) is 57.7 Å². The lowest BCUT2D eigenvalue weighted by Crippen LogP contribution is -2.51. The highest BCUT2D eigenvalue weighted by molar-refractivity contribution is 5.47. The lowest BCUT2D eigenvalue weighted by Gasteiger charge is -2.38. The van der Waals surface area contributed by atoms with Gasteiger partial charge in [0.15, 0.2) is 5.60 Å². The van der Waals surface area contributed by atoms with Crippen molar-refractivity contribution in [2.24, 2.45) is 0 Å². The third-order valence-electron chi connectivity index (χ3n) is 5.11. The van der Waals surface area contributed by atoms with Crippen LogP contribution in [-0.4, -0.2) is 22.0 Å². The van der Waals surface area contributed by atoms with Crippen molar-refractivity contribution in [3.05, 3.63) is 64.0 Å². The lowest BCUT2D eigenvalue weighted by atomic mass is 9.72. The van der Waals surface area contributed by atoms with Crippen LogP contribution < -0.4 is 0 Å². The molecule has 2 aromatic rings. The van der Waals surface area contributed by atoms with E-state index in [1.165, 1.54) is 19.9 Å². The zero-order chi connectivity index (χ0) is 22.2. The Morgan fingerprint density at radius 2 is 1.69 bits per heavy atom. The number of halogens is 4. The van der Waals surface area contributed by atoms with Crippen LogP contribution in [0.3, 0.4) is 0 Å². The Kier molecular flexibility index (Phi) is 6.01. The molecule has 0 saturated heterocycles. The quantitative estimate of drug-likeness (QED) is 0.665. The maximum atomic E-state index is 14.0. The fraction of sp³-hybridized carbons (Fsp3) is 0.409. The van der Waals surface area contributed by atoms with Crippen LogP contribution in [0.15, 0.2) is 30.3 Å². The van der Waals surface area contributed by atoms with Crippen LogP contribution in [0.2, 0.25) is 0 Å². The number of rotatable bonds is 5. The summed E-state index contributed by atoms with van der Waals surface area (Å²) in [6.07, 6.45) is -6.68. The van der Waals surface area contributed by atoms with Gasteiger partial charge in [0, 0.05) is 12.0 Å². The van der Waals surface area contributed by atoms with Gasteiger partial charge in [-0.15, -0.1) is 0 Å². The fourth-order valence-electron chi connectivity index (χ4n) is 3.81. The van der Waals surface area contributed by atoms with Gasteiger partial charge in [-0.25, -0.2) is 4.39 Å². The summed E-state index contributed by atoms with van der Waals surface area (Å²) in [4.78, 5) is 0. The molecule has 29 heavy (non-hydrogen) atoms. The number of nitrogens with zero attached hydrogens (tertiary/aromatic N) is 1. The van der Waals surface area contributed by atoms with Crippen molar-refractivity contribution in [3.8, 4) is 11.8 Å². The SMILES string of the molecule is Cc1cc(C)c(C#N)c(CC(O)(CC(C)(C)c2cc(F)ccc2O)C(F)(F)F)c1. The Bertz CT molecular complexity index is 961. The molecule has 1 unspecified atom stereocenters. The molecule has 3 nitrogen and oxygen atoms in total. The van der Waals surface area contributed by atoms with Gasteiger partial charge in [0.1, 0.15) is 11.6 Å². The number of aromatic hydroxyl groups is 1. The molecular formula is C22H23F4NO2. The molecule has 0 amide bonds. The van der Waals surface area contributed by atoms with Gasteiger partial charge in [-0.1, -0.05) is 31.5 Å². The standard InChI is InChI=1S/C22H23F4NO2/c1-13-7-14(2)17(11-27)15(8-13)10-21(29,22(24,25)26)12-20(3,4)18-9-16(23)5-6-19(18)28/h5-9,28-29H,10,12H2,1-4H3. The highest BCUT2D eigenvalue weighted by Crippen LogP contribution is 2.45. The van der Waals surface area contributed by atoms with E-state index in [0.29, 0.717) is 11.1 Å². The first-order chi connectivity index (χ1) is 13.2. The second-order valence-electron chi connectivity index (χ2n) is 8.16. The lowest BCUT2D eigenvalue weighted by molar-refractivity contribution is -0.266. The Labute approximate surface area is 167 Å². The van der Waals surface area contributed by atoms with Crippen molar-refractivity contribution in [1.29, 1.82) is 5.26 Å². The minimum Gasteiger partial charge on any atom is -0.508 e.